The number of halogens is 1. The van der Waals surface area contributed by atoms with Crippen molar-refractivity contribution in [3.05, 3.63) is 29.6 Å². The summed E-state index contributed by atoms with van der Waals surface area (Å²) < 4.78 is 14.3. The summed E-state index contributed by atoms with van der Waals surface area (Å²) in [7, 11) is 0. The molecule has 0 aliphatic carbocycles. The van der Waals surface area contributed by atoms with E-state index in [2.05, 4.69) is 11.8 Å². The molecule has 2 N–H and O–H groups in total. The Balaban J connectivity index is 2.19. The molecule has 0 amide bonds. The largest absolute Gasteiger partial charge is 0.366 e. The fraction of sp³-hybridized carbons (Fsp3) is 0.625. The van der Waals surface area contributed by atoms with Gasteiger partial charge in [-0.2, -0.15) is 0 Å². The van der Waals surface area contributed by atoms with Crippen LogP contribution in [0.15, 0.2) is 18.2 Å². The summed E-state index contributed by atoms with van der Waals surface area (Å²) >= 11 is 0. The Morgan fingerprint density at radius 2 is 2.16 bits per heavy atom. The number of benzene rings is 1. The van der Waals surface area contributed by atoms with Crippen molar-refractivity contribution in [1.82, 2.24) is 0 Å². The average Bonchev–Trinajstić information content (AvgIpc) is 2.54. The maximum absolute atomic E-state index is 14.3. The molecule has 1 heterocycles. The lowest BCUT2D eigenvalue weighted by atomic mass is 10.1. The van der Waals surface area contributed by atoms with Crippen molar-refractivity contribution in [2.45, 2.75) is 58.0 Å². The van der Waals surface area contributed by atoms with Gasteiger partial charge in [0.1, 0.15) is 5.82 Å². The monoisotopic (exact) mass is 264 g/mol. The van der Waals surface area contributed by atoms with Gasteiger partial charge in [0.2, 0.25) is 0 Å². The predicted octanol–water partition coefficient (Wildman–Crippen LogP) is 3.48. The highest BCUT2D eigenvalue weighted by atomic mass is 19.1. The number of hydrogen-bond acceptors (Lipinski definition) is 2. The molecule has 3 heteroatoms. The Labute approximate surface area is 115 Å². The van der Waals surface area contributed by atoms with E-state index in [9.17, 15) is 4.39 Å². The molecule has 1 saturated heterocycles. The van der Waals surface area contributed by atoms with E-state index in [1.807, 2.05) is 19.1 Å². The zero-order valence-corrected chi connectivity index (χ0v) is 12.0. The standard InChI is InChI=1S/C16H25FN2/c1-12(18)10-14-7-8-16(15(17)11-14)19-9-5-3-4-6-13(19)2/h7-8,11-13H,3-6,9-10,18H2,1-2H3. The molecule has 1 fully saturated rings. The van der Waals surface area contributed by atoms with Crippen LogP contribution >= 0.6 is 0 Å². The van der Waals surface area contributed by atoms with Crippen LogP contribution in [0.2, 0.25) is 0 Å². The lowest BCUT2D eigenvalue weighted by molar-refractivity contribution is 0.579. The molecule has 2 unspecified atom stereocenters. The third-order valence-corrected chi connectivity index (χ3v) is 3.93. The van der Waals surface area contributed by atoms with E-state index in [0.29, 0.717) is 6.04 Å². The molecular formula is C16H25FN2. The summed E-state index contributed by atoms with van der Waals surface area (Å²) in [6, 6.07) is 6.09. The molecule has 2 nitrogen and oxygen atoms in total. The van der Waals surface area contributed by atoms with Gasteiger partial charge in [-0.3, -0.25) is 0 Å². The van der Waals surface area contributed by atoms with Gasteiger partial charge in [-0.25, -0.2) is 4.39 Å². The molecule has 0 aromatic heterocycles. The molecule has 19 heavy (non-hydrogen) atoms. The van der Waals surface area contributed by atoms with Gasteiger partial charge in [0, 0.05) is 18.6 Å². The fourth-order valence-electron chi connectivity index (χ4n) is 2.91. The highest BCUT2D eigenvalue weighted by Gasteiger charge is 2.20. The van der Waals surface area contributed by atoms with Gasteiger partial charge < -0.3 is 10.6 Å². The van der Waals surface area contributed by atoms with E-state index in [0.717, 1.165) is 37.1 Å². The van der Waals surface area contributed by atoms with E-state index in [-0.39, 0.29) is 11.9 Å². The summed E-state index contributed by atoms with van der Waals surface area (Å²) in [4.78, 5) is 2.22. The molecule has 0 saturated carbocycles. The van der Waals surface area contributed by atoms with E-state index in [4.69, 9.17) is 5.73 Å². The Bertz CT molecular complexity index is 417. The first-order chi connectivity index (χ1) is 9.08. The van der Waals surface area contributed by atoms with Crippen LogP contribution in [0.1, 0.15) is 45.1 Å². The molecule has 1 aromatic carbocycles. The van der Waals surface area contributed by atoms with Crippen molar-refractivity contribution in [2.75, 3.05) is 11.4 Å². The maximum Gasteiger partial charge on any atom is 0.146 e. The fourth-order valence-corrected chi connectivity index (χ4v) is 2.91. The Kier molecular flexibility index (Phi) is 4.81. The minimum absolute atomic E-state index is 0.0716. The number of anilines is 1. The first kappa shape index (κ1) is 14.3. The zero-order chi connectivity index (χ0) is 13.8. The number of rotatable bonds is 3. The van der Waals surface area contributed by atoms with Crippen LogP contribution in [0.5, 0.6) is 0 Å². The second-order valence-electron chi connectivity index (χ2n) is 5.86. The van der Waals surface area contributed by atoms with Crippen molar-refractivity contribution in [1.29, 1.82) is 0 Å². The van der Waals surface area contributed by atoms with Gasteiger partial charge in [-0.15, -0.1) is 0 Å². The third kappa shape index (κ3) is 3.69. The Morgan fingerprint density at radius 3 is 2.84 bits per heavy atom. The molecule has 0 radical (unpaired) electrons. The molecule has 0 bridgehead atoms. The van der Waals surface area contributed by atoms with Crippen LogP contribution in [-0.4, -0.2) is 18.6 Å². The molecule has 0 spiro atoms. The number of hydrogen-bond donors (Lipinski definition) is 1. The lowest BCUT2D eigenvalue weighted by Gasteiger charge is -2.30. The normalized spacial score (nSPS) is 22.1. The van der Waals surface area contributed by atoms with E-state index >= 15 is 0 Å². The predicted molar refractivity (Wildman–Crippen MR) is 79.0 cm³/mol. The highest BCUT2D eigenvalue weighted by molar-refractivity contribution is 5.50. The SMILES string of the molecule is CC(N)Cc1ccc(N2CCCCCC2C)c(F)c1. The lowest BCUT2D eigenvalue weighted by Crippen LogP contribution is -2.33. The van der Waals surface area contributed by atoms with Crippen LogP contribution in [0.3, 0.4) is 0 Å². The Morgan fingerprint density at radius 1 is 1.37 bits per heavy atom. The summed E-state index contributed by atoms with van der Waals surface area (Å²) in [6.45, 7) is 5.11. The molecular weight excluding hydrogens is 239 g/mol. The van der Waals surface area contributed by atoms with Crippen LogP contribution in [0, 0.1) is 5.82 Å². The van der Waals surface area contributed by atoms with Gasteiger partial charge >= 0.3 is 0 Å². The van der Waals surface area contributed by atoms with Crippen molar-refractivity contribution in [3.63, 3.8) is 0 Å². The van der Waals surface area contributed by atoms with Crippen LogP contribution in [-0.2, 0) is 6.42 Å². The van der Waals surface area contributed by atoms with Crippen molar-refractivity contribution < 1.29 is 4.39 Å². The van der Waals surface area contributed by atoms with Gasteiger partial charge in [0.15, 0.2) is 0 Å². The maximum atomic E-state index is 14.3. The van der Waals surface area contributed by atoms with Crippen LogP contribution in [0.4, 0.5) is 10.1 Å². The number of nitrogens with two attached hydrogens (primary N) is 1. The zero-order valence-electron chi connectivity index (χ0n) is 12.0. The molecule has 2 rings (SSSR count). The van der Waals surface area contributed by atoms with E-state index in [1.54, 1.807) is 6.07 Å². The van der Waals surface area contributed by atoms with Crippen molar-refractivity contribution >= 4 is 5.69 Å². The van der Waals surface area contributed by atoms with Crippen LogP contribution < -0.4 is 10.6 Å². The summed E-state index contributed by atoms with van der Waals surface area (Å²) in [5.41, 5.74) is 7.50. The third-order valence-electron chi connectivity index (χ3n) is 3.93. The van der Waals surface area contributed by atoms with E-state index in [1.165, 1.54) is 12.8 Å². The molecule has 2 atom stereocenters. The van der Waals surface area contributed by atoms with Gasteiger partial charge in [0.05, 0.1) is 5.69 Å². The van der Waals surface area contributed by atoms with Gasteiger partial charge in [0.25, 0.3) is 0 Å². The second-order valence-corrected chi connectivity index (χ2v) is 5.86. The minimum atomic E-state index is -0.105. The van der Waals surface area contributed by atoms with Crippen molar-refractivity contribution in [2.24, 2.45) is 5.73 Å². The average molecular weight is 264 g/mol. The van der Waals surface area contributed by atoms with E-state index < -0.39 is 0 Å². The summed E-state index contributed by atoms with van der Waals surface area (Å²) in [5, 5.41) is 0. The molecule has 1 aliphatic rings. The molecule has 1 aliphatic heterocycles. The van der Waals surface area contributed by atoms with Crippen LogP contribution in [0.25, 0.3) is 0 Å². The first-order valence-electron chi connectivity index (χ1n) is 7.38. The highest BCUT2D eigenvalue weighted by Crippen LogP contribution is 2.27. The van der Waals surface area contributed by atoms with Crippen molar-refractivity contribution in [3.8, 4) is 0 Å². The first-order valence-corrected chi connectivity index (χ1v) is 7.38. The van der Waals surface area contributed by atoms with Gasteiger partial charge in [-0.1, -0.05) is 18.9 Å². The minimum Gasteiger partial charge on any atom is -0.366 e. The smallest absolute Gasteiger partial charge is 0.146 e. The number of nitrogens with zero attached hydrogens (tertiary/aromatic N) is 1. The van der Waals surface area contributed by atoms with Gasteiger partial charge in [-0.05, 0) is 50.8 Å². The second kappa shape index (κ2) is 6.38. The molecule has 106 valence electrons. The topological polar surface area (TPSA) is 29.3 Å². The Hall–Kier alpha value is -1.09. The summed E-state index contributed by atoms with van der Waals surface area (Å²) in [6.07, 6.45) is 5.55. The molecule has 1 aromatic rings. The quantitative estimate of drug-likeness (QED) is 0.905. The summed E-state index contributed by atoms with van der Waals surface area (Å²) in [5.74, 6) is -0.105.